The number of halogens is 2. The van der Waals surface area contributed by atoms with Crippen molar-refractivity contribution in [3.63, 3.8) is 0 Å². The molecule has 0 saturated carbocycles. The van der Waals surface area contributed by atoms with Crippen molar-refractivity contribution in [1.82, 2.24) is 9.55 Å². The van der Waals surface area contributed by atoms with Crippen LogP contribution in [0.4, 0.5) is 8.78 Å². The standard InChI is InChI=1S/C14H11F2N3O3/c15-14(16)19-6-5-18-12(19)8-22-13(20)9-21-11-3-1-10(7-17)2-4-11/h1-6,14H,8-9H2. The summed E-state index contributed by atoms with van der Waals surface area (Å²) in [6.07, 6.45) is 2.30. The van der Waals surface area contributed by atoms with Crippen molar-refractivity contribution in [2.45, 2.75) is 13.2 Å². The van der Waals surface area contributed by atoms with Crippen molar-refractivity contribution in [3.05, 3.63) is 48.0 Å². The second-order valence-corrected chi connectivity index (χ2v) is 4.11. The second kappa shape index (κ2) is 7.17. The van der Waals surface area contributed by atoms with Gasteiger partial charge in [0.15, 0.2) is 12.4 Å². The maximum absolute atomic E-state index is 12.6. The van der Waals surface area contributed by atoms with Gasteiger partial charge < -0.3 is 9.47 Å². The number of nitrogens with zero attached hydrogens (tertiary/aromatic N) is 3. The van der Waals surface area contributed by atoms with Gasteiger partial charge in [0.05, 0.1) is 11.6 Å². The molecule has 1 aromatic heterocycles. The quantitative estimate of drug-likeness (QED) is 0.765. The average molecular weight is 307 g/mol. The number of carbonyl (C=O) groups excluding carboxylic acids is 1. The van der Waals surface area contributed by atoms with E-state index in [0.717, 1.165) is 6.20 Å². The summed E-state index contributed by atoms with van der Waals surface area (Å²) in [5.74, 6) is -0.375. The number of nitriles is 1. The van der Waals surface area contributed by atoms with E-state index in [-0.39, 0.29) is 19.0 Å². The predicted octanol–water partition coefficient (Wildman–Crippen LogP) is 2.27. The minimum Gasteiger partial charge on any atom is -0.482 e. The zero-order valence-corrected chi connectivity index (χ0v) is 11.3. The van der Waals surface area contributed by atoms with Gasteiger partial charge in [-0.1, -0.05) is 0 Å². The molecule has 0 fully saturated rings. The van der Waals surface area contributed by atoms with Crippen LogP contribution >= 0.6 is 0 Å². The van der Waals surface area contributed by atoms with E-state index in [1.807, 2.05) is 6.07 Å². The minimum absolute atomic E-state index is 0.0540. The van der Waals surface area contributed by atoms with Gasteiger partial charge in [0, 0.05) is 12.4 Å². The summed E-state index contributed by atoms with van der Waals surface area (Å²) in [5, 5.41) is 8.64. The topological polar surface area (TPSA) is 77.1 Å². The third-order valence-electron chi connectivity index (χ3n) is 2.66. The van der Waals surface area contributed by atoms with E-state index in [0.29, 0.717) is 15.9 Å². The van der Waals surface area contributed by atoms with Crippen molar-refractivity contribution < 1.29 is 23.0 Å². The van der Waals surface area contributed by atoms with E-state index < -0.39 is 12.5 Å². The lowest BCUT2D eigenvalue weighted by atomic mass is 10.2. The number of alkyl halides is 2. The summed E-state index contributed by atoms with van der Waals surface area (Å²) in [7, 11) is 0. The van der Waals surface area contributed by atoms with Gasteiger partial charge in [-0.25, -0.2) is 9.78 Å². The van der Waals surface area contributed by atoms with Crippen molar-refractivity contribution >= 4 is 5.97 Å². The highest BCUT2D eigenvalue weighted by atomic mass is 19.3. The van der Waals surface area contributed by atoms with Crippen LogP contribution < -0.4 is 4.74 Å². The summed E-state index contributed by atoms with van der Waals surface area (Å²) in [5.41, 5.74) is 0.466. The number of benzene rings is 1. The Hall–Kier alpha value is -2.95. The van der Waals surface area contributed by atoms with Crippen molar-refractivity contribution in [2.75, 3.05) is 6.61 Å². The SMILES string of the molecule is N#Cc1ccc(OCC(=O)OCc2nccn2C(F)F)cc1. The zero-order chi connectivity index (χ0) is 15.9. The Bertz CT molecular complexity index is 677. The lowest BCUT2D eigenvalue weighted by Gasteiger charge is -2.08. The Balaban J connectivity index is 1.80. The molecule has 0 unspecified atom stereocenters. The van der Waals surface area contributed by atoms with Crippen LogP contribution in [0, 0.1) is 11.3 Å². The summed E-state index contributed by atoms with van der Waals surface area (Å²) in [6, 6.07) is 8.11. The first-order valence-electron chi connectivity index (χ1n) is 6.18. The molecule has 2 rings (SSSR count). The first kappa shape index (κ1) is 15.4. The van der Waals surface area contributed by atoms with E-state index >= 15 is 0 Å². The smallest absolute Gasteiger partial charge is 0.344 e. The molecule has 0 bridgehead atoms. The predicted molar refractivity (Wildman–Crippen MR) is 69.9 cm³/mol. The fourth-order valence-electron chi connectivity index (χ4n) is 1.59. The van der Waals surface area contributed by atoms with Crippen molar-refractivity contribution in [3.8, 4) is 11.8 Å². The molecule has 22 heavy (non-hydrogen) atoms. The molecule has 0 radical (unpaired) electrons. The molecule has 0 amide bonds. The molecule has 1 aromatic carbocycles. The molecular formula is C14H11F2N3O3. The number of esters is 1. The van der Waals surface area contributed by atoms with Gasteiger partial charge in [0.1, 0.15) is 12.4 Å². The van der Waals surface area contributed by atoms with Crippen molar-refractivity contribution in [1.29, 1.82) is 5.26 Å². The van der Waals surface area contributed by atoms with Crippen LogP contribution in [0.15, 0.2) is 36.7 Å². The van der Waals surface area contributed by atoms with E-state index in [9.17, 15) is 13.6 Å². The van der Waals surface area contributed by atoms with Crippen LogP contribution in [0.5, 0.6) is 5.75 Å². The molecule has 1 heterocycles. The molecule has 6 nitrogen and oxygen atoms in total. The van der Waals surface area contributed by atoms with E-state index in [1.54, 1.807) is 12.1 Å². The first-order valence-corrected chi connectivity index (χ1v) is 6.18. The van der Waals surface area contributed by atoms with Crippen LogP contribution in [0.3, 0.4) is 0 Å². The second-order valence-electron chi connectivity index (χ2n) is 4.11. The third-order valence-corrected chi connectivity index (χ3v) is 2.66. The Morgan fingerprint density at radius 1 is 1.36 bits per heavy atom. The van der Waals surface area contributed by atoms with Crippen LogP contribution in [-0.2, 0) is 16.1 Å². The Morgan fingerprint density at radius 2 is 2.09 bits per heavy atom. The van der Waals surface area contributed by atoms with Gasteiger partial charge in [-0.15, -0.1) is 0 Å². The van der Waals surface area contributed by atoms with Gasteiger partial charge in [0.2, 0.25) is 0 Å². The molecule has 0 N–H and O–H groups in total. The average Bonchev–Trinajstić information content (AvgIpc) is 3.00. The molecule has 114 valence electrons. The normalized spacial score (nSPS) is 10.3. The summed E-state index contributed by atoms with van der Waals surface area (Å²) >= 11 is 0. The van der Waals surface area contributed by atoms with Gasteiger partial charge in [-0.05, 0) is 24.3 Å². The van der Waals surface area contributed by atoms with Gasteiger partial charge >= 0.3 is 12.5 Å². The number of rotatable bonds is 6. The third kappa shape index (κ3) is 4.02. The first-order chi connectivity index (χ1) is 10.6. The number of aromatic nitrogens is 2. The zero-order valence-electron chi connectivity index (χ0n) is 11.3. The van der Waals surface area contributed by atoms with Crippen LogP contribution in [0.2, 0.25) is 0 Å². The maximum atomic E-state index is 12.6. The summed E-state index contributed by atoms with van der Waals surface area (Å²) in [4.78, 5) is 15.2. The Labute approximate surface area is 124 Å². The number of carbonyl (C=O) groups is 1. The lowest BCUT2D eigenvalue weighted by molar-refractivity contribution is -0.147. The van der Waals surface area contributed by atoms with E-state index in [2.05, 4.69) is 4.98 Å². The van der Waals surface area contributed by atoms with Crippen LogP contribution in [0.25, 0.3) is 0 Å². The number of hydrogen-bond donors (Lipinski definition) is 0. The van der Waals surface area contributed by atoms with Gasteiger partial charge in [-0.2, -0.15) is 14.0 Å². The van der Waals surface area contributed by atoms with E-state index in [1.165, 1.54) is 18.3 Å². The minimum atomic E-state index is -2.74. The molecule has 0 saturated heterocycles. The fourth-order valence-corrected chi connectivity index (χ4v) is 1.59. The molecule has 0 spiro atoms. The van der Waals surface area contributed by atoms with Gasteiger partial charge in [-0.3, -0.25) is 4.57 Å². The number of ether oxygens (including phenoxy) is 2. The summed E-state index contributed by atoms with van der Waals surface area (Å²) < 4.78 is 35.7. The maximum Gasteiger partial charge on any atom is 0.344 e. The highest BCUT2D eigenvalue weighted by Gasteiger charge is 2.13. The molecular weight excluding hydrogens is 296 g/mol. The molecule has 2 aromatic rings. The molecule has 0 aliphatic carbocycles. The van der Waals surface area contributed by atoms with Crippen LogP contribution in [-0.4, -0.2) is 22.1 Å². The Kier molecular flexibility index (Phi) is 5.03. The highest BCUT2D eigenvalue weighted by molar-refractivity contribution is 5.71. The Morgan fingerprint density at radius 3 is 2.73 bits per heavy atom. The fraction of sp³-hybridized carbons (Fsp3) is 0.214. The lowest BCUT2D eigenvalue weighted by Crippen LogP contribution is -2.16. The monoisotopic (exact) mass is 307 g/mol. The highest BCUT2D eigenvalue weighted by Crippen LogP contribution is 2.14. The molecule has 8 heteroatoms. The van der Waals surface area contributed by atoms with Gasteiger partial charge in [0.25, 0.3) is 0 Å². The van der Waals surface area contributed by atoms with Crippen molar-refractivity contribution in [2.24, 2.45) is 0 Å². The molecule has 0 aliphatic rings. The van der Waals surface area contributed by atoms with E-state index in [4.69, 9.17) is 14.7 Å². The number of hydrogen-bond acceptors (Lipinski definition) is 5. The summed E-state index contributed by atoms with van der Waals surface area (Å²) in [6.45, 7) is -3.49. The largest absolute Gasteiger partial charge is 0.482 e. The number of imidazole rings is 1. The molecule has 0 atom stereocenters. The van der Waals surface area contributed by atoms with Crippen LogP contribution in [0.1, 0.15) is 17.9 Å². The molecule has 0 aliphatic heterocycles.